The van der Waals surface area contributed by atoms with Gasteiger partial charge in [0.05, 0.1) is 0 Å². The lowest BCUT2D eigenvalue weighted by molar-refractivity contribution is 0.0948. The van der Waals surface area contributed by atoms with Crippen LogP contribution in [-0.4, -0.2) is 10.8 Å². The number of nitrogens with zero attached hydrogens (tertiary/aromatic N) is 1. The Morgan fingerprint density at radius 3 is 3.17 bits per heavy atom. The lowest BCUT2D eigenvalue weighted by atomic mass is 9.87. The van der Waals surface area contributed by atoms with E-state index in [-0.39, 0.29) is 5.78 Å². The fourth-order valence-corrected chi connectivity index (χ4v) is 1.72. The summed E-state index contributed by atoms with van der Waals surface area (Å²) in [4.78, 5) is 15.5. The van der Waals surface area contributed by atoms with Gasteiger partial charge in [-0.3, -0.25) is 9.78 Å². The monoisotopic (exact) mass is 161 g/mol. The smallest absolute Gasteiger partial charge is 0.181 e. The standard InChI is InChI=1S/C10H11NO/c1-7-5-8-3-2-4-11-10(8)9(12)6-7/h2-4,7H,5-6H2,1H3. The molecule has 0 spiro atoms. The van der Waals surface area contributed by atoms with E-state index in [0.29, 0.717) is 18.0 Å². The number of hydrogen-bond donors (Lipinski definition) is 0. The molecule has 1 aliphatic carbocycles. The molecule has 0 N–H and O–H groups in total. The SMILES string of the molecule is CC1CC(=O)c2ncccc2C1. The summed E-state index contributed by atoms with van der Waals surface area (Å²) in [5.74, 6) is 0.679. The molecular formula is C10H11NO. The van der Waals surface area contributed by atoms with Gasteiger partial charge in [0.15, 0.2) is 5.78 Å². The largest absolute Gasteiger partial charge is 0.292 e. The maximum Gasteiger partial charge on any atom is 0.181 e. The first-order valence-corrected chi connectivity index (χ1v) is 4.24. The third-order valence-corrected chi connectivity index (χ3v) is 2.26. The topological polar surface area (TPSA) is 30.0 Å². The van der Waals surface area contributed by atoms with Crippen LogP contribution in [-0.2, 0) is 6.42 Å². The highest BCUT2D eigenvalue weighted by Gasteiger charge is 2.22. The summed E-state index contributed by atoms with van der Waals surface area (Å²) >= 11 is 0. The van der Waals surface area contributed by atoms with Crippen LogP contribution in [0.1, 0.15) is 29.4 Å². The van der Waals surface area contributed by atoms with Crippen LogP contribution in [0.15, 0.2) is 18.3 Å². The number of hydrogen-bond acceptors (Lipinski definition) is 2. The molecule has 1 unspecified atom stereocenters. The predicted octanol–water partition coefficient (Wildman–Crippen LogP) is 1.85. The molecule has 1 aliphatic rings. The third kappa shape index (κ3) is 1.13. The van der Waals surface area contributed by atoms with E-state index in [4.69, 9.17) is 0 Å². The maximum absolute atomic E-state index is 11.4. The van der Waals surface area contributed by atoms with Gasteiger partial charge in [0.25, 0.3) is 0 Å². The van der Waals surface area contributed by atoms with E-state index >= 15 is 0 Å². The highest BCUT2D eigenvalue weighted by atomic mass is 16.1. The van der Waals surface area contributed by atoms with E-state index in [1.807, 2.05) is 12.1 Å². The van der Waals surface area contributed by atoms with E-state index in [0.717, 1.165) is 12.0 Å². The summed E-state index contributed by atoms with van der Waals surface area (Å²) in [7, 11) is 0. The van der Waals surface area contributed by atoms with E-state index in [1.54, 1.807) is 6.20 Å². The summed E-state index contributed by atoms with van der Waals surface area (Å²) in [6.45, 7) is 2.10. The van der Waals surface area contributed by atoms with E-state index in [1.165, 1.54) is 0 Å². The van der Waals surface area contributed by atoms with Crippen LogP contribution in [0.2, 0.25) is 0 Å². The summed E-state index contributed by atoms with van der Waals surface area (Å²) in [6, 6.07) is 3.89. The first-order valence-electron chi connectivity index (χ1n) is 4.24. The Hall–Kier alpha value is -1.18. The summed E-state index contributed by atoms with van der Waals surface area (Å²) in [5.41, 5.74) is 1.80. The van der Waals surface area contributed by atoms with Crippen molar-refractivity contribution in [3.63, 3.8) is 0 Å². The molecule has 0 amide bonds. The zero-order valence-corrected chi connectivity index (χ0v) is 7.08. The lowest BCUT2D eigenvalue weighted by Gasteiger charge is -2.18. The van der Waals surface area contributed by atoms with Crippen LogP contribution in [0.25, 0.3) is 0 Å². The minimum absolute atomic E-state index is 0.198. The fraction of sp³-hybridized carbons (Fsp3) is 0.400. The van der Waals surface area contributed by atoms with Crippen molar-refractivity contribution >= 4 is 5.78 Å². The Kier molecular flexibility index (Phi) is 1.68. The molecule has 2 rings (SSSR count). The molecule has 2 heteroatoms. The van der Waals surface area contributed by atoms with Crippen molar-refractivity contribution in [2.24, 2.45) is 5.92 Å². The highest BCUT2D eigenvalue weighted by Crippen LogP contribution is 2.22. The molecule has 2 nitrogen and oxygen atoms in total. The van der Waals surface area contributed by atoms with Gasteiger partial charge in [-0.15, -0.1) is 0 Å². The second kappa shape index (κ2) is 2.70. The van der Waals surface area contributed by atoms with Crippen LogP contribution < -0.4 is 0 Å². The molecule has 12 heavy (non-hydrogen) atoms. The fourth-order valence-electron chi connectivity index (χ4n) is 1.72. The highest BCUT2D eigenvalue weighted by molar-refractivity contribution is 5.96. The van der Waals surface area contributed by atoms with Crippen LogP contribution >= 0.6 is 0 Å². The van der Waals surface area contributed by atoms with Gasteiger partial charge in [0, 0.05) is 12.6 Å². The Morgan fingerprint density at radius 2 is 2.33 bits per heavy atom. The number of aromatic nitrogens is 1. The number of pyridine rings is 1. The van der Waals surface area contributed by atoms with Crippen molar-refractivity contribution in [2.45, 2.75) is 19.8 Å². The van der Waals surface area contributed by atoms with Crippen molar-refractivity contribution in [1.29, 1.82) is 0 Å². The first kappa shape index (κ1) is 7.47. The molecule has 0 saturated carbocycles. The summed E-state index contributed by atoms with van der Waals surface area (Å²) in [6.07, 6.45) is 3.34. The minimum atomic E-state index is 0.198. The molecule has 0 bridgehead atoms. The average Bonchev–Trinajstić information content (AvgIpc) is 2.04. The van der Waals surface area contributed by atoms with Gasteiger partial charge in [0.1, 0.15) is 5.69 Å². The van der Waals surface area contributed by atoms with Gasteiger partial charge in [-0.1, -0.05) is 13.0 Å². The van der Waals surface area contributed by atoms with Crippen molar-refractivity contribution in [3.05, 3.63) is 29.6 Å². The van der Waals surface area contributed by atoms with Crippen molar-refractivity contribution in [3.8, 4) is 0 Å². The Morgan fingerprint density at radius 1 is 1.50 bits per heavy atom. The van der Waals surface area contributed by atoms with Crippen molar-refractivity contribution < 1.29 is 4.79 Å². The van der Waals surface area contributed by atoms with Gasteiger partial charge >= 0.3 is 0 Å². The molecule has 0 aromatic carbocycles. The normalized spacial score (nSPS) is 22.1. The summed E-state index contributed by atoms with van der Waals surface area (Å²) in [5, 5.41) is 0. The number of carbonyl (C=O) groups excluding carboxylic acids is 1. The summed E-state index contributed by atoms with van der Waals surface area (Å²) < 4.78 is 0. The number of Topliss-reactive ketones (excluding diaryl/α,β-unsaturated/α-hetero) is 1. The predicted molar refractivity (Wildman–Crippen MR) is 46.1 cm³/mol. The molecule has 0 radical (unpaired) electrons. The van der Waals surface area contributed by atoms with Crippen molar-refractivity contribution in [2.75, 3.05) is 0 Å². The van der Waals surface area contributed by atoms with Crippen LogP contribution in [0.5, 0.6) is 0 Å². The van der Waals surface area contributed by atoms with E-state index in [2.05, 4.69) is 11.9 Å². The molecule has 1 atom stereocenters. The lowest BCUT2D eigenvalue weighted by Crippen LogP contribution is -2.18. The average molecular weight is 161 g/mol. The quantitative estimate of drug-likeness (QED) is 0.581. The second-order valence-electron chi connectivity index (χ2n) is 3.45. The van der Waals surface area contributed by atoms with E-state index < -0.39 is 0 Å². The van der Waals surface area contributed by atoms with Gasteiger partial charge in [0.2, 0.25) is 0 Å². The Labute approximate surface area is 71.6 Å². The third-order valence-electron chi connectivity index (χ3n) is 2.26. The van der Waals surface area contributed by atoms with Crippen LogP contribution in [0, 0.1) is 5.92 Å². The number of carbonyl (C=O) groups is 1. The van der Waals surface area contributed by atoms with Crippen LogP contribution in [0.4, 0.5) is 0 Å². The molecule has 1 aromatic rings. The minimum Gasteiger partial charge on any atom is -0.292 e. The van der Waals surface area contributed by atoms with Crippen LogP contribution in [0.3, 0.4) is 0 Å². The molecule has 1 heterocycles. The molecular weight excluding hydrogens is 150 g/mol. The number of rotatable bonds is 0. The molecule has 0 saturated heterocycles. The van der Waals surface area contributed by atoms with Gasteiger partial charge in [-0.2, -0.15) is 0 Å². The maximum atomic E-state index is 11.4. The molecule has 0 aliphatic heterocycles. The number of fused-ring (bicyclic) bond motifs is 1. The number of ketones is 1. The Balaban J connectivity index is 2.47. The van der Waals surface area contributed by atoms with Crippen molar-refractivity contribution in [1.82, 2.24) is 4.98 Å². The second-order valence-corrected chi connectivity index (χ2v) is 3.45. The zero-order valence-electron chi connectivity index (χ0n) is 7.08. The first-order chi connectivity index (χ1) is 5.77. The van der Waals surface area contributed by atoms with Gasteiger partial charge in [-0.25, -0.2) is 0 Å². The van der Waals surface area contributed by atoms with E-state index in [9.17, 15) is 4.79 Å². The zero-order chi connectivity index (χ0) is 8.55. The molecule has 1 aromatic heterocycles. The van der Waals surface area contributed by atoms with Gasteiger partial charge in [-0.05, 0) is 24.0 Å². The molecule has 62 valence electrons. The Bertz CT molecular complexity index is 319. The molecule has 0 fully saturated rings. The van der Waals surface area contributed by atoms with Gasteiger partial charge < -0.3 is 0 Å².